The fourth-order valence-corrected chi connectivity index (χ4v) is 3.94. The SMILES string of the molecule is CC(C)C(NC(=O)Cc1ccccc1)C(=O)NCCNS(=O)(=O)c1cccc([N+](=O)[O-])c1. The van der Waals surface area contributed by atoms with Crippen LogP contribution in [0.15, 0.2) is 59.5 Å². The van der Waals surface area contributed by atoms with Gasteiger partial charge in [-0.1, -0.05) is 50.2 Å². The van der Waals surface area contributed by atoms with Crippen LogP contribution in [0.25, 0.3) is 0 Å². The van der Waals surface area contributed by atoms with Crippen molar-refractivity contribution in [1.29, 1.82) is 0 Å². The van der Waals surface area contributed by atoms with Gasteiger partial charge >= 0.3 is 0 Å². The van der Waals surface area contributed by atoms with E-state index < -0.39 is 26.9 Å². The minimum Gasteiger partial charge on any atom is -0.353 e. The number of hydrogen-bond acceptors (Lipinski definition) is 6. The van der Waals surface area contributed by atoms with Gasteiger partial charge in [0.15, 0.2) is 0 Å². The summed E-state index contributed by atoms with van der Waals surface area (Å²) >= 11 is 0. The zero-order chi connectivity index (χ0) is 23.7. The zero-order valence-corrected chi connectivity index (χ0v) is 18.6. The number of nitrogens with zero attached hydrogens (tertiary/aromatic N) is 1. The molecule has 0 aromatic heterocycles. The number of non-ortho nitro benzene ring substituents is 1. The lowest BCUT2D eigenvalue weighted by atomic mass is 10.0. The second-order valence-electron chi connectivity index (χ2n) is 7.39. The number of sulfonamides is 1. The predicted octanol–water partition coefficient (Wildman–Crippen LogP) is 1.37. The summed E-state index contributed by atoms with van der Waals surface area (Å²) in [4.78, 5) is 34.7. The Bertz CT molecular complexity index is 1060. The summed E-state index contributed by atoms with van der Waals surface area (Å²) in [7, 11) is -3.98. The van der Waals surface area contributed by atoms with Crippen molar-refractivity contribution >= 4 is 27.5 Å². The molecule has 172 valence electrons. The van der Waals surface area contributed by atoms with E-state index in [-0.39, 0.29) is 41.9 Å². The molecule has 0 heterocycles. The van der Waals surface area contributed by atoms with Crippen molar-refractivity contribution in [2.75, 3.05) is 13.1 Å². The molecular weight excluding hydrogens is 436 g/mol. The van der Waals surface area contributed by atoms with E-state index in [9.17, 15) is 28.1 Å². The molecule has 0 aliphatic carbocycles. The van der Waals surface area contributed by atoms with E-state index in [1.807, 2.05) is 30.3 Å². The molecule has 2 rings (SSSR count). The Kier molecular flexibility index (Phi) is 8.85. The quantitative estimate of drug-likeness (QED) is 0.261. The topological polar surface area (TPSA) is 148 Å². The van der Waals surface area contributed by atoms with Crippen LogP contribution in [0.5, 0.6) is 0 Å². The van der Waals surface area contributed by atoms with Crippen molar-refractivity contribution in [3.8, 4) is 0 Å². The van der Waals surface area contributed by atoms with Gasteiger partial charge in [0.05, 0.1) is 16.2 Å². The average molecular weight is 463 g/mol. The number of nitro groups is 1. The molecule has 10 nitrogen and oxygen atoms in total. The molecular formula is C21H26N4O6S. The van der Waals surface area contributed by atoms with Crippen LogP contribution in [0.3, 0.4) is 0 Å². The summed E-state index contributed by atoms with van der Waals surface area (Å²) in [5.41, 5.74) is 0.482. The van der Waals surface area contributed by atoms with E-state index in [0.29, 0.717) is 0 Å². The Balaban J connectivity index is 1.87. The molecule has 2 amide bonds. The Morgan fingerprint density at radius 1 is 1.03 bits per heavy atom. The van der Waals surface area contributed by atoms with Crippen molar-refractivity contribution < 1.29 is 22.9 Å². The summed E-state index contributed by atoms with van der Waals surface area (Å²) in [5.74, 6) is -0.913. The van der Waals surface area contributed by atoms with E-state index in [4.69, 9.17) is 0 Å². The van der Waals surface area contributed by atoms with Crippen molar-refractivity contribution in [2.24, 2.45) is 5.92 Å². The second-order valence-corrected chi connectivity index (χ2v) is 9.16. The summed E-state index contributed by atoms with van der Waals surface area (Å²) in [6.07, 6.45) is 0.139. The Morgan fingerprint density at radius 2 is 1.72 bits per heavy atom. The van der Waals surface area contributed by atoms with Gasteiger partial charge in [-0.2, -0.15) is 0 Å². The van der Waals surface area contributed by atoms with Gasteiger partial charge in [0.1, 0.15) is 6.04 Å². The fraction of sp³-hybridized carbons (Fsp3) is 0.333. The highest BCUT2D eigenvalue weighted by molar-refractivity contribution is 7.89. The molecule has 0 fully saturated rings. The van der Waals surface area contributed by atoms with Gasteiger partial charge in [-0.15, -0.1) is 0 Å². The number of nitrogens with one attached hydrogen (secondary N) is 3. The van der Waals surface area contributed by atoms with Crippen molar-refractivity contribution in [1.82, 2.24) is 15.4 Å². The van der Waals surface area contributed by atoms with Crippen LogP contribution in [0.2, 0.25) is 0 Å². The Morgan fingerprint density at radius 3 is 2.34 bits per heavy atom. The first kappa shape index (κ1) is 25.0. The molecule has 0 aliphatic rings. The summed E-state index contributed by atoms with van der Waals surface area (Å²) < 4.78 is 26.9. The molecule has 0 saturated heterocycles. The van der Waals surface area contributed by atoms with Crippen LogP contribution in [-0.2, 0) is 26.0 Å². The standard InChI is InChI=1S/C21H26N4O6S/c1-15(2)20(24-19(26)13-16-7-4-3-5-8-16)21(27)22-11-12-23-32(30,31)18-10-6-9-17(14-18)25(28)29/h3-10,14-15,20,23H,11-13H2,1-2H3,(H,22,27)(H,24,26). The van der Waals surface area contributed by atoms with E-state index in [1.165, 1.54) is 18.2 Å². The molecule has 11 heteroatoms. The van der Waals surface area contributed by atoms with E-state index >= 15 is 0 Å². The molecule has 3 N–H and O–H groups in total. The van der Waals surface area contributed by atoms with E-state index in [1.54, 1.807) is 13.8 Å². The molecule has 0 saturated carbocycles. The number of benzene rings is 2. The van der Waals surface area contributed by atoms with Crippen LogP contribution in [0.4, 0.5) is 5.69 Å². The van der Waals surface area contributed by atoms with Crippen molar-refractivity contribution in [3.05, 3.63) is 70.3 Å². The zero-order valence-electron chi connectivity index (χ0n) is 17.8. The molecule has 1 unspecified atom stereocenters. The Hall–Kier alpha value is -3.31. The van der Waals surface area contributed by atoms with Gasteiger partial charge in [-0.25, -0.2) is 13.1 Å². The van der Waals surface area contributed by atoms with Gasteiger partial charge in [0.25, 0.3) is 5.69 Å². The smallest absolute Gasteiger partial charge is 0.270 e. The van der Waals surface area contributed by atoms with Gasteiger partial charge in [0.2, 0.25) is 21.8 Å². The van der Waals surface area contributed by atoms with Crippen molar-refractivity contribution in [3.63, 3.8) is 0 Å². The average Bonchev–Trinajstić information content (AvgIpc) is 2.75. The van der Waals surface area contributed by atoms with Crippen LogP contribution < -0.4 is 15.4 Å². The van der Waals surface area contributed by atoms with Crippen molar-refractivity contribution in [2.45, 2.75) is 31.2 Å². The fourth-order valence-electron chi connectivity index (χ4n) is 2.87. The number of carbonyl (C=O) groups is 2. The number of nitro benzene ring substituents is 1. The summed E-state index contributed by atoms with van der Waals surface area (Å²) in [6.45, 7) is 3.43. The highest BCUT2D eigenvalue weighted by Gasteiger charge is 2.24. The first-order valence-electron chi connectivity index (χ1n) is 9.95. The molecule has 2 aromatic carbocycles. The first-order valence-corrected chi connectivity index (χ1v) is 11.4. The molecule has 0 bridgehead atoms. The van der Waals surface area contributed by atoms with Gasteiger partial charge in [-0.3, -0.25) is 19.7 Å². The molecule has 2 aromatic rings. The maximum atomic E-state index is 12.5. The van der Waals surface area contributed by atoms with E-state index in [2.05, 4.69) is 15.4 Å². The number of hydrogen-bond donors (Lipinski definition) is 3. The minimum atomic E-state index is -3.98. The molecule has 0 spiro atoms. The molecule has 0 aliphatic heterocycles. The summed E-state index contributed by atoms with van der Waals surface area (Å²) in [5, 5.41) is 16.1. The summed E-state index contributed by atoms with van der Waals surface area (Å²) in [6, 6.07) is 13.0. The number of rotatable bonds is 11. The largest absolute Gasteiger partial charge is 0.353 e. The molecule has 1 atom stereocenters. The molecule has 32 heavy (non-hydrogen) atoms. The first-order chi connectivity index (χ1) is 15.1. The van der Waals surface area contributed by atoms with Crippen LogP contribution in [0.1, 0.15) is 19.4 Å². The van der Waals surface area contributed by atoms with Gasteiger partial charge < -0.3 is 10.6 Å². The van der Waals surface area contributed by atoms with E-state index in [0.717, 1.165) is 11.6 Å². The third kappa shape index (κ3) is 7.43. The molecule has 0 radical (unpaired) electrons. The maximum absolute atomic E-state index is 12.5. The third-order valence-corrected chi connectivity index (χ3v) is 5.99. The van der Waals surface area contributed by atoms with Gasteiger partial charge in [0, 0.05) is 25.2 Å². The van der Waals surface area contributed by atoms with Crippen LogP contribution in [-0.4, -0.2) is 44.3 Å². The van der Waals surface area contributed by atoms with Gasteiger partial charge in [-0.05, 0) is 17.5 Å². The highest BCUT2D eigenvalue weighted by atomic mass is 32.2. The number of amides is 2. The maximum Gasteiger partial charge on any atom is 0.270 e. The predicted molar refractivity (Wildman–Crippen MR) is 118 cm³/mol. The Labute approximate surface area is 186 Å². The third-order valence-electron chi connectivity index (χ3n) is 4.53. The lowest BCUT2D eigenvalue weighted by molar-refractivity contribution is -0.385. The second kappa shape index (κ2) is 11.3. The number of carbonyl (C=O) groups excluding carboxylic acids is 2. The highest BCUT2D eigenvalue weighted by Crippen LogP contribution is 2.16. The monoisotopic (exact) mass is 462 g/mol. The lowest BCUT2D eigenvalue weighted by Gasteiger charge is -2.22. The lowest BCUT2D eigenvalue weighted by Crippen LogP contribution is -2.51. The minimum absolute atomic E-state index is 0.0230. The van der Waals surface area contributed by atoms with Crippen LogP contribution in [0, 0.1) is 16.0 Å². The normalized spacial score (nSPS) is 12.2. The van der Waals surface area contributed by atoms with Crippen LogP contribution >= 0.6 is 0 Å².